The van der Waals surface area contributed by atoms with Gasteiger partial charge in [-0.05, 0) is 42.0 Å². The van der Waals surface area contributed by atoms with Gasteiger partial charge in [-0.25, -0.2) is 4.79 Å². The molecule has 0 aromatic heterocycles. The fraction of sp³-hybridized carbons (Fsp3) is 0.222. The molecule has 1 aliphatic heterocycles. The first-order chi connectivity index (χ1) is 12.1. The molecule has 25 heavy (non-hydrogen) atoms. The lowest BCUT2D eigenvalue weighted by Crippen LogP contribution is -2.42. The maximum absolute atomic E-state index is 12.3. The average Bonchev–Trinajstić information content (AvgIpc) is 3.02. The first kappa shape index (κ1) is 17.1. The third-order valence-corrected chi connectivity index (χ3v) is 4.24. The van der Waals surface area contributed by atoms with Crippen molar-refractivity contribution in [2.75, 3.05) is 18.6 Å². The average molecular weight is 360 g/mol. The van der Waals surface area contributed by atoms with Crippen LogP contribution >= 0.6 is 11.6 Å². The van der Waals surface area contributed by atoms with Crippen molar-refractivity contribution in [3.8, 4) is 5.75 Å². The van der Waals surface area contributed by atoms with Gasteiger partial charge in [-0.3, -0.25) is 9.69 Å². The second-order valence-corrected chi connectivity index (χ2v) is 6.09. The standard InChI is InChI=1S/C18H18ClN3O3/c1-25-15-8-2-12(3-9-15)10-20-17(23)16-11-22(18(24)21-16)14-6-4-13(19)5-7-14/h2-9,16H,10-11H2,1H3,(H,20,23)(H,21,24). The van der Waals surface area contributed by atoms with E-state index < -0.39 is 6.04 Å². The smallest absolute Gasteiger partial charge is 0.322 e. The van der Waals surface area contributed by atoms with E-state index in [0.717, 1.165) is 11.3 Å². The fourth-order valence-corrected chi connectivity index (χ4v) is 2.71. The van der Waals surface area contributed by atoms with E-state index in [1.165, 1.54) is 4.90 Å². The van der Waals surface area contributed by atoms with Crippen molar-refractivity contribution in [3.63, 3.8) is 0 Å². The molecular weight excluding hydrogens is 342 g/mol. The van der Waals surface area contributed by atoms with Crippen molar-refractivity contribution in [1.29, 1.82) is 0 Å². The van der Waals surface area contributed by atoms with E-state index in [1.54, 1.807) is 31.4 Å². The lowest BCUT2D eigenvalue weighted by atomic mass is 10.2. The summed E-state index contributed by atoms with van der Waals surface area (Å²) in [7, 11) is 1.60. The normalized spacial score (nSPS) is 16.5. The summed E-state index contributed by atoms with van der Waals surface area (Å²) >= 11 is 5.86. The third-order valence-electron chi connectivity index (χ3n) is 3.99. The van der Waals surface area contributed by atoms with E-state index in [1.807, 2.05) is 24.3 Å². The second kappa shape index (κ2) is 7.44. The highest BCUT2D eigenvalue weighted by Gasteiger charge is 2.34. The van der Waals surface area contributed by atoms with Crippen LogP contribution < -0.4 is 20.3 Å². The SMILES string of the molecule is COc1ccc(CNC(=O)C2CN(c3ccc(Cl)cc3)C(=O)N2)cc1. The molecule has 3 amide bonds. The predicted molar refractivity (Wildman–Crippen MR) is 96.0 cm³/mol. The first-order valence-electron chi connectivity index (χ1n) is 7.81. The van der Waals surface area contributed by atoms with Crippen LogP contribution in [0, 0.1) is 0 Å². The van der Waals surface area contributed by atoms with Crippen molar-refractivity contribution in [2.45, 2.75) is 12.6 Å². The van der Waals surface area contributed by atoms with Crippen LogP contribution in [-0.4, -0.2) is 31.6 Å². The van der Waals surface area contributed by atoms with E-state index in [-0.39, 0.29) is 18.5 Å². The summed E-state index contributed by atoms with van der Waals surface area (Å²) in [6.45, 7) is 0.658. The predicted octanol–water partition coefficient (Wildman–Crippen LogP) is 2.56. The van der Waals surface area contributed by atoms with Crippen molar-refractivity contribution in [1.82, 2.24) is 10.6 Å². The van der Waals surface area contributed by atoms with Gasteiger partial charge in [0.15, 0.2) is 0 Å². The second-order valence-electron chi connectivity index (χ2n) is 5.65. The Labute approximate surface area is 150 Å². The summed E-state index contributed by atoms with van der Waals surface area (Å²) in [6, 6.07) is 13.5. The van der Waals surface area contributed by atoms with Crippen molar-refractivity contribution in [3.05, 3.63) is 59.1 Å². The zero-order chi connectivity index (χ0) is 17.8. The number of carbonyl (C=O) groups is 2. The Morgan fingerprint density at radius 1 is 1.24 bits per heavy atom. The molecule has 2 aromatic rings. The van der Waals surface area contributed by atoms with Gasteiger partial charge in [-0.15, -0.1) is 0 Å². The minimum absolute atomic E-state index is 0.222. The van der Waals surface area contributed by atoms with E-state index in [0.29, 0.717) is 17.3 Å². The lowest BCUT2D eigenvalue weighted by molar-refractivity contribution is -0.122. The van der Waals surface area contributed by atoms with Gasteiger partial charge in [-0.1, -0.05) is 23.7 Å². The zero-order valence-corrected chi connectivity index (χ0v) is 14.4. The number of hydrogen-bond acceptors (Lipinski definition) is 3. The number of benzene rings is 2. The minimum Gasteiger partial charge on any atom is -0.497 e. The number of nitrogens with one attached hydrogen (secondary N) is 2. The first-order valence-corrected chi connectivity index (χ1v) is 8.19. The molecule has 1 heterocycles. The highest BCUT2D eigenvalue weighted by Crippen LogP contribution is 2.21. The number of amides is 3. The van der Waals surface area contributed by atoms with Gasteiger partial charge in [0.1, 0.15) is 11.8 Å². The number of methoxy groups -OCH3 is 1. The van der Waals surface area contributed by atoms with Gasteiger partial charge < -0.3 is 15.4 Å². The molecule has 0 aliphatic carbocycles. The fourth-order valence-electron chi connectivity index (χ4n) is 2.59. The number of carbonyl (C=O) groups excluding carboxylic acids is 2. The highest BCUT2D eigenvalue weighted by molar-refractivity contribution is 6.30. The molecule has 130 valence electrons. The molecule has 2 aromatic carbocycles. The van der Waals surface area contributed by atoms with Crippen LogP contribution in [0.25, 0.3) is 0 Å². The maximum atomic E-state index is 12.3. The molecule has 0 spiro atoms. The zero-order valence-electron chi connectivity index (χ0n) is 13.7. The topological polar surface area (TPSA) is 70.7 Å². The van der Waals surface area contributed by atoms with Crippen molar-refractivity contribution in [2.24, 2.45) is 0 Å². The third kappa shape index (κ3) is 4.03. The molecule has 1 unspecified atom stereocenters. The van der Waals surface area contributed by atoms with Gasteiger partial charge in [-0.2, -0.15) is 0 Å². The molecule has 1 atom stereocenters. The number of nitrogens with zero attached hydrogens (tertiary/aromatic N) is 1. The Kier molecular flexibility index (Phi) is 5.09. The molecule has 0 saturated carbocycles. The minimum atomic E-state index is -0.596. The number of urea groups is 1. The van der Waals surface area contributed by atoms with Gasteiger partial charge in [0.2, 0.25) is 5.91 Å². The Morgan fingerprint density at radius 2 is 1.92 bits per heavy atom. The Hall–Kier alpha value is -2.73. The largest absolute Gasteiger partial charge is 0.497 e. The van der Waals surface area contributed by atoms with Crippen molar-refractivity contribution >= 4 is 29.2 Å². The van der Waals surface area contributed by atoms with E-state index in [9.17, 15) is 9.59 Å². The van der Waals surface area contributed by atoms with Gasteiger partial charge in [0, 0.05) is 17.3 Å². The number of ether oxygens (including phenoxy) is 1. The molecule has 3 rings (SSSR count). The summed E-state index contributed by atoms with van der Waals surface area (Å²) in [6.07, 6.45) is 0. The summed E-state index contributed by atoms with van der Waals surface area (Å²) in [5, 5.41) is 6.13. The van der Waals surface area contributed by atoms with Crippen LogP contribution in [0.15, 0.2) is 48.5 Å². The number of halogens is 1. The van der Waals surface area contributed by atoms with E-state index >= 15 is 0 Å². The van der Waals surface area contributed by atoms with Crippen LogP contribution in [0.3, 0.4) is 0 Å². The summed E-state index contributed by atoms with van der Waals surface area (Å²) in [5.74, 6) is 0.539. The molecule has 1 fully saturated rings. The van der Waals surface area contributed by atoms with Crippen molar-refractivity contribution < 1.29 is 14.3 Å². The summed E-state index contributed by atoms with van der Waals surface area (Å²) in [4.78, 5) is 25.9. The Bertz CT molecular complexity index is 762. The van der Waals surface area contributed by atoms with Gasteiger partial charge in [0.05, 0.1) is 13.7 Å². The molecule has 1 saturated heterocycles. The highest BCUT2D eigenvalue weighted by atomic mass is 35.5. The summed E-state index contributed by atoms with van der Waals surface area (Å²) in [5.41, 5.74) is 1.65. The van der Waals surface area contributed by atoms with Crippen LogP contribution in [0.2, 0.25) is 5.02 Å². The maximum Gasteiger partial charge on any atom is 0.322 e. The quantitative estimate of drug-likeness (QED) is 0.862. The molecule has 6 nitrogen and oxygen atoms in total. The molecular formula is C18H18ClN3O3. The Balaban J connectivity index is 1.57. The van der Waals surface area contributed by atoms with E-state index in [4.69, 9.17) is 16.3 Å². The van der Waals surface area contributed by atoms with Gasteiger partial charge >= 0.3 is 6.03 Å². The summed E-state index contributed by atoms with van der Waals surface area (Å²) < 4.78 is 5.10. The molecule has 0 radical (unpaired) electrons. The van der Waals surface area contributed by atoms with Crippen LogP contribution in [0.4, 0.5) is 10.5 Å². The molecule has 0 bridgehead atoms. The number of rotatable bonds is 5. The van der Waals surface area contributed by atoms with Crippen LogP contribution in [-0.2, 0) is 11.3 Å². The van der Waals surface area contributed by atoms with Crippen LogP contribution in [0.1, 0.15) is 5.56 Å². The van der Waals surface area contributed by atoms with Crippen LogP contribution in [0.5, 0.6) is 5.75 Å². The van der Waals surface area contributed by atoms with E-state index in [2.05, 4.69) is 10.6 Å². The molecule has 7 heteroatoms. The number of anilines is 1. The lowest BCUT2D eigenvalue weighted by Gasteiger charge is -2.14. The molecule has 1 aliphatic rings. The molecule has 2 N–H and O–H groups in total. The Morgan fingerprint density at radius 3 is 2.56 bits per heavy atom. The monoisotopic (exact) mass is 359 g/mol. The number of hydrogen-bond donors (Lipinski definition) is 2. The van der Waals surface area contributed by atoms with Gasteiger partial charge in [0.25, 0.3) is 0 Å².